The maximum Gasteiger partial charge on any atom is 0.0390 e. The van der Waals surface area contributed by atoms with Gasteiger partial charge in [0, 0.05) is 16.7 Å². The molecule has 0 fully saturated rings. The van der Waals surface area contributed by atoms with Crippen LogP contribution in [0, 0.1) is 0 Å². The van der Waals surface area contributed by atoms with E-state index in [9.17, 15) is 0 Å². The van der Waals surface area contributed by atoms with Crippen molar-refractivity contribution in [3.05, 3.63) is 65.7 Å². The SMILES string of the molecule is CC(C)(C)c1ccc(C(N)CSc2ccccc2)cc1. The molecule has 1 nitrogen and oxygen atoms in total. The third-order valence-electron chi connectivity index (χ3n) is 3.38. The summed E-state index contributed by atoms with van der Waals surface area (Å²) in [6.07, 6.45) is 0. The second-order valence-corrected chi connectivity index (χ2v) is 7.20. The van der Waals surface area contributed by atoms with Crippen LogP contribution in [0.1, 0.15) is 37.9 Å². The predicted molar refractivity (Wildman–Crippen MR) is 89.2 cm³/mol. The van der Waals surface area contributed by atoms with E-state index >= 15 is 0 Å². The van der Waals surface area contributed by atoms with Crippen LogP contribution in [-0.2, 0) is 5.41 Å². The molecule has 2 N–H and O–H groups in total. The van der Waals surface area contributed by atoms with Crippen molar-refractivity contribution < 1.29 is 0 Å². The van der Waals surface area contributed by atoms with Crippen molar-refractivity contribution in [3.63, 3.8) is 0 Å². The third-order valence-corrected chi connectivity index (χ3v) is 4.51. The first-order chi connectivity index (χ1) is 9.47. The number of benzene rings is 2. The number of rotatable bonds is 4. The molecule has 0 saturated heterocycles. The lowest BCUT2D eigenvalue weighted by Crippen LogP contribution is -2.15. The molecule has 1 unspecified atom stereocenters. The van der Waals surface area contributed by atoms with Crippen LogP contribution in [-0.4, -0.2) is 5.75 Å². The van der Waals surface area contributed by atoms with Gasteiger partial charge in [-0.3, -0.25) is 0 Å². The summed E-state index contributed by atoms with van der Waals surface area (Å²) >= 11 is 1.81. The second-order valence-electron chi connectivity index (χ2n) is 6.10. The number of thioether (sulfide) groups is 1. The van der Waals surface area contributed by atoms with Crippen molar-refractivity contribution in [2.24, 2.45) is 5.73 Å². The molecule has 0 radical (unpaired) electrons. The first kappa shape index (κ1) is 15.1. The molecular weight excluding hydrogens is 262 g/mol. The molecule has 2 rings (SSSR count). The van der Waals surface area contributed by atoms with Crippen molar-refractivity contribution in [1.29, 1.82) is 0 Å². The van der Waals surface area contributed by atoms with Crippen LogP contribution < -0.4 is 5.73 Å². The Bertz CT molecular complexity index is 526. The zero-order valence-electron chi connectivity index (χ0n) is 12.5. The fourth-order valence-corrected chi connectivity index (χ4v) is 2.94. The average Bonchev–Trinajstić information content (AvgIpc) is 2.45. The predicted octanol–water partition coefficient (Wildman–Crippen LogP) is 4.78. The van der Waals surface area contributed by atoms with Gasteiger partial charge in [0.25, 0.3) is 0 Å². The van der Waals surface area contributed by atoms with Gasteiger partial charge in [-0.05, 0) is 28.7 Å². The first-order valence-corrected chi connectivity index (χ1v) is 7.99. The summed E-state index contributed by atoms with van der Waals surface area (Å²) in [7, 11) is 0. The Morgan fingerprint density at radius 2 is 1.55 bits per heavy atom. The highest BCUT2D eigenvalue weighted by atomic mass is 32.2. The standard InChI is InChI=1S/C18H23NS/c1-18(2,3)15-11-9-14(10-12-15)17(19)13-20-16-7-5-4-6-8-16/h4-12,17H,13,19H2,1-3H3. The molecule has 106 valence electrons. The fourth-order valence-electron chi connectivity index (χ4n) is 2.03. The highest BCUT2D eigenvalue weighted by Crippen LogP contribution is 2.26. The van der Waals surface area contributed by atoms with E-state index in [4.69, 9.17) is 5.73 Å². The summed E-state index contributed by atoms with van der Waals surface area (Å²) in [5.74, 6) is 0.902. The smallest absolute Gasteiger partial charge is 0.0390 e. The number of hydrogen-bond acceptors (Lipinski definition) is 2. The summed E-state index contributed by atoms with van der Waals surface area (Å²) in [6, 6.07) is 19.2. The summed E-state index contributed by atoms with van der Waals surface area (Å²) in [5, 5.41) is 0. The zero-order valence-corrected chi connectivity index (χ0v) is 13.3. The molecule has 0 saturated carbocycles. The summed E-state index contributed by atoms with van der Waals surface area (Å²) in [6.45, 7) is 6.69. The Morgan fingerprint density at radius 1 is 0.950 bits per heavy atom. The van der Waals surface area contributed by atoms with E-state index < -0.39 is 0 Å². The van der Waals surface area contributed by atoms with Crippen LogP contribution in [0.25, 0.3) is 0 Å². The van der Waals surface area contributed by atoms with Gasteiger partial charge in [-0.2, -0.15) is 0 Å². The molecular formula is C18H23NS. The molecule has 0 aliphatic heterocycles. The van der Waals surface area contributed by atoms with Crippen molar-refractivity contribution >= 4 is 11.8 Å². The lowest BCUT2D eigenvalue weighted by Gasteiger charge is -2.20. The van der Waals surface area contributed by atoms with E-state index in [0.29, 0.717) is 0 Å². The normalized spacial score (nSPS) is 13.2. The van der Waals surface area contributed by atoms with Gasteiger partial charge < -0.3 is 5.73 Å². The molecule has 2 aromatic rings. The quantitative estimate of drug-likeness (QED) is 0.818. The van der Waals surface area contributed by atoms with E-state index in [1.807, 2.05) is 17.8 Å². The minimum absolute atomic E-state index is 0.0780. The van der Waals surface area contributed by atoms with Gasteiger partial charge in [-0.15, -0.1) is 11.8 Å². The highest BCUT2D eigenvalue weighted by Gasteiger charge is 2.14. The fraction of sp³-hybridized carbons (Fsp3) is 0.333. The minimum Gasteiger partial charge on any atom is -0.323 e. The molecule has 0 spiro atoms. The van der Waals surface area contributed by atoms with Gasteiger partial charge in [-0.1, -0.05) is 63.2 Å². The van der Waals surface area contributed by atoms with E-state index in [-0.39, 0.29) is 11.5 Å². The molecule has 2 heteroatoms. The van der Waals surface area contributed by atoms with Gasteiger partial charge in [-0.25, -0.2) is 0 Å². The Kier molecular flexibility index (Phi) is 4.90. The molecule has 2 aromatic carbocycles. The van der Waals surface area contributed by atoms with Crippen molar-refractivity contribution in [2.45, 2.75) is 37.1 Å². The Balaban J connectivity index is 1.97. The van der Waals surface area contributed by atoms with Crippen LogP contribution in [0.2, 0.25) is 0 Å². The van der Waals surface area contributed by atoms with Crippen molar-refractivity contribution in [3.8, 4) is 0 Å². The first-order valence-electron chi connectivity index (χ1n) is 7.01. The molecule has 0 aliphatic rings. The minimum atomic E-state index is 0.0780. The van der Waals surface area contributed by atoms with Crippen LogP contribution in [0.4, 0.5) is 0 Å². The van der Waals surface area contributed by atoms with E-state index in [2.05, 4.69) is 69.3 Å². The average molecular weight is 285 g/mol. The highest BCUT2D eigenvalue weighted by molar-refractivity contribution is 7.99. The maximum absolute atomic E-state index is 6.28. The van der Waals surface area contributed by atoms with Crippen molar-refractivity contribution in [2.75, 3.05) is 5.75 Å². The lowest BCUT2D eigenvalue weighted by molar-refractivity contribution is 0.589. The van der Waals surface area contributed by atoms with Crippen LogP contribution in [0.15, 0.2) is 59.5 Å². The van der Waals surface area contributed by atoms with E-state index in [1.165, 1.54) is 16.0 Å². The summed E-state index contributed by atoms with van der Waals surface area (Å²) < 4.78 is 0. The maximum atomic E-state index is 6.28. The summed E-state index contributed by atoms with van der Waals surface area (Å²) in [5.41, 5.74) is 9.04. The molecule has 1 atom stereocenters. The molecule has 20 heavy (non-hydrogen) atoms. The lowest BCUT2D eigenvalue weighted by atomic mass is 9.86. The molecule has 0 bridgehead atoms. The molecule has 0 amide bonds. The third kappa shape index (κ3) is 4.12. The molecule has 0 heterocycles. The summed E-state index contributed by atoms with van der Waals surface area (Å²) in [4.78, 5) is 1.27. The van der Waals surface area contributed by atoms with Gasteiger partial charge in [0.15, 0.2) is 0 Å². The molecule has 0 aromatic heterocycles. The van der Waals surface area contributed by atoms with Crippen molar-refractivity contribution in [1.82, 2.24) is 0 Å². The number of hydrogen-bond donors (Lipinski definition) is 1. The Morgan fingerprint density at radius 3 is 2.10 bits per heavy atom. The zero-order chi connectivity index (χ0) is 14.6. The largest absolute Gasteiger partial charge is 0.323 e. The van der Waals surface area contributed by atoms with E-state index in [1.54, 1.807) is 0 Å². The molecule has 0 aliphatic carbocycles. The monoisotopic (exact) mass is 285 g/mol. The number of nitrogens with two attached hydrogens (primary N) is 1. The van der Waals surface area contributed by atoms with Crippen LogP contribution in [0.3, 0.4) is 0 Å². The van der Waals surface area contributed by atoms with Crippen LogP contribution in [0.5, 0.6) is 0 Å². The van der Waals surface area contributed by atoms with Gasteiger partial charge >= 0.3 is 0 Å². The Labute approximate surface area is 126 Å². The van der Waals surface area contributed by atoms with E-state index in [0.717, 1.165) is 5.75 Å². The van der Waals surface area contributed by atoms with Gasteiger partial charge in [0.05, 0.1) is 0 Å². The van der Waals surface area contributed by atoms with Gasteiger partial charge in [0.1, 0.15) is 0 Å². The Hall–Kier alpha value is -1.25. The second kappa shape index (κ2) is 6.47. The van der Waals surface area contributed by atoms with Gasteiger partial charge in [0.2, 0.25) is 0 Å². The topological polar surface area (TPSA) is 26.0 Å². The van der Waals surface area contributed by atoms with Crippen LogP contribution >= 0.6 is 11.8 Å².